The largest absolute Gasteiger partial charge is 0.464 e. The van der Waals surface area contributed by atoms with Crippen molar-refractivity contribution in [3.05, 3.63) is 117 Å². The van der Waals surface area contributed by atoms with Gasteiger partial charge in [0.25, 0.3) is 5.91 Å². The molecule has 11 heteroatoms. The summed E-state index contributed by atoms with van der Waals surface area (Å²) < 4.78 is 64.1. The highest BCUT2D eigenvalue weighted by Crippen LogP contribution is 2.30. The Bertz CT molecular complexity index is 1600. The number of alkyl halides is 3. The molecule has 220 valence electrons. The number of hydrogen-bond donors (Lipinski definition) is 0. The molecule has 7 nitrogen and oxygen atoms in total. The Morgan fingerprint density at radius 2 is 1.67 bits per heavy atom. The monoisotopic (exact) mass is 584 g/mol. The number of carbonyl (C=O) groups is 2. The summed E-state index contributed by atoms with van der Waals surface area (Å²) in [5, 5.41) is 0.324. The second-order valence-electron chi connectivity index (χ2n) is 9.61. The van der Waals surface area contributed by atoms with E-state index in [1.54, 1.807) is 24.3 Å². The second kappa shape index (κ2) is 13.4. The number of carbonyl (C=O) groups excluding carboxylic acids is 2. The van der Waals surface area contributed by atoms with E-state index in [0.717, 1.165) is 23.1 Å². The Kier molecular flexibility index (Phi) is 9.74. The summed E-state index contributed by atoms with van der Waals surface area (Å²) in [6, 6.07) is 16.1. The Balaban J connectivity index is 1.64. The maximum Gasteiger partial charge on any atom is 0.416 e. The van der Waals surface area contributed by atoms with Gasteiger partial charge in [0.1, 0.15) is 17.9 Å². The highest BCUT2D eigenvalue weighted by atomic mass is 19.4. The Morgan fingerprint density at radius 3 is 2.38 bits per heavy atom. The fraction of sp³-hybridized carbons (Fsp3) is 0.258. The summed E-state index contributed by atoms with van der Waals surface area (Å²) in [6.07, 6.45) is -3.07. The number of amides is 2. The van der Waals surface area contributed by atoms with Crippen LogP contribution in [0.25, 0.3) is 11.0 Å². The van der Waals surface area contributed by atoms with Crippen LogP contribution in [-0.2, 0) is 28.8 Å². The number of rotatable bonds is 11. The molecule has 42 heavy (non-hydrogen) atoms. The van der Waals surface area contributed by atoms with Crippen molar-refractivity contribution in [2.45, 2.75) is 25.7 Å². The number of methoxy groups -OCH3 is 1. The summed E-state index contributed by atoms with van der Waals surface area (Å²) in [6.45, 7) is -0.434. The maximum absolute atomic E-state index is 13.7. The smallest absolute Gasteiger partial charge is 0.416 e. The lowest BCUT2D eigenvalue weighted by Gasteiger charge is -2.28. The van der Waals surface area contributed by atoms with E-state index in [0.29, 0.717) is 23.0 Å². The molecule has 0 saturated heterocycles. The van der Waals surface area contributed by atoms with Gasteiger partial charge in [0, 0.05) is 32.4 Å². The first-order chi connectivity index (χ1) is 20.1. The average Bonchev–Trinajstić information content (AvgIpc) is 2.98. The molecule has 0 N–H and O–H groups in total. The molecular formula is C31H28F4N2O5. The summed E-state index contributed by atoms with van der Waals surface area (Å²) >= 11 is 0. The van der Waals surface area contributed by atoms with Gasteiger partial charge < -0.3 is 19.0 Å². The fourth-order valence-corrected chi connectivity index (χ4v) is 4.40. The number of fused-ring (bicyclic) bond motifs is 1. The molecule has 1 aromatic heterocycles. The predicted molar refractivity (Wildman–Crippen MR) is 147 cm³/mol. The van der Waals surface area contributed by atoms with Gasteiger partial charge in [-0.1, -0.05) is 30.3 Å². The summed E-state index contributed by atoms with van der Waals surface area (Å²) in [5.74, 6) is -1.81. The van der Waals surface area contributed by atoms with Crippen LogP contribution in [0.2, 0.25) is 0 Å². The molecule has 2 amide bonds. The zero-order valence-corrected chi connectivity index (χ0v) is 22.7. The first kappa shape index (κ1) is 30.4. The minimum absolute atomic E-state index is 0.0250. The van der Waals surface area contributed by atoms with Crippen LogP contribution >= 0.6 is 0 Å². The molecule has 0 bridgehead atoms. The van der Waals surface area contributed by atoms with Crippen molar-refractivity contribution in [2.75, 3.05) is 26.8 Å². The third-order valence-corrected chi connectivity index (χ3v) is 6.58. The molecule has 0 radical (unpaired) electrons. The van der Waals surface area contributed by atoms with Crippen molar-refractivity contribution < 1.29 is 36.3 Å². The van der Waals surface area contributed by atoms with Crippen LogP contribution in [-0.4, -0.2) is 48.4 Å². The second-order valence-corrected chi connectivity index (χ2v) is 9.61. The highest BCUT2D eigenvalue weighted by molar-refractivity contribution is 5.96. The van der Waals surface area contributed by atoms with E-state index in [-0.39, 0.29) is 42.8 Å². The van der Waals surface area contributed by atoms with Crippen LogP contribution in [0.15, 0.2) is 88.3 Å². The molecule has 0 aliphatic rings. The summed E-state index contributed by atoms with van der Waals surface area (Å²) in [4.78, 5) is 42.7. The van der Waals surface area contributed by atoms with Crippen LogP contribution in [0.4, 0.5) is 17.6 Å². The van der Waals surface area contributed by atoms with Crippen molar-refractivity contribution in [2.24, 2.45) is 0 Å². The third kappa shape index (κ3) is 7.61. The van der Waals surface area contributed by atoms with Crippen molar-refractivity contribution in [3.63, 3.8) is 0 Å². The van der Waals surface area contributed by atoms with Crippen molar-refractivity contribution >= 4 is 22.8 Å². The predicted octanol–water partition coefficient (Wildman–Crippen LogP) is 5.66. The number of para-hydroxylation sites is 1. The molecule has 4 rings (SSSR count). The topological polar surface area (TPSA) is 80.1 Å². The van der Waals surface area contributed by atoms with Crippen molar-refractivity contribution in [1.29, 1.82) is 0 Å². The van der Waals surface area contributed by atoms with Gasteiger partial charge in [-0.15, -0.1) is 0 Å². The zero-order valence-electron chi connectivity index (χ0n) is 22.7. The zero-order chi connectivity index (χ0) is 30.3. The van der Waals surface area contributed by atoms with Gasteiger partial charge in [0.05, 0.1) is 29.3 Å². The van der Waals surface area contributed by atoms with E-state index in [9.17, 15) is 31.9 Å². The van der Waals surface area contributed by atoms with Gasteiger partial charge in [-0.05, 0) is 54.4 Å². The third-order valence-electron chi connectivity index (χ3n) is 6.58. The Hall–Kier alpha value is -4.51. The minimum atomic E-state index is -4.65. The number of ether oxygens (including phenoxy) is 1. The van der Waals surface area contributed by atoms with Crippen LogP contribution in [0.1, 0.15) is 33.5 Å². The maximum atomic E-state index is 13.7. The summed E-state index contributed by atoms with van der Waals surface area (Å²) in [7, 11) is 1.46. The van der Waals surface area contributed by atoms with Crippen LogP contribution in [0.3, 0.4) is 0 Å². The number of benzene rings is 3. The van der Waals surface area contributed by atoms with E-state index in [1.165, 1.54) is 48.6 Å². The lowest BCUT2D eigenvalue weighted by molar-refractivity contribution is -0.137. The van der Waals surface area contributed by atoms with Crippen LogP contribution < -0.4 is 5.43 Å². The Labute approximate surface area is 238 Å². The first-order valence-electron chi connectivity index (χ1n) is 13.0. The molecule has 4 aromatic rings. The standard InChI is InChI=1S/C31H28F4N2O5/c1-41-15-5-14-36(30(40)22-6-4-7-24(16-22)31(33,34)35)19-28(38)37(17-21-10-12-25(32)13-11-21)18-23-20-42-27-9-3-2-8-26(27)29(23)39/h2-4,6-13,16,20H,5,14-15,17-19H2,1H3. The van der Waals surface area contributed by atoms with Crippen LogP contribution in [0.5, 0.6) is 0 Å². The van der Waals surface area contributed by atoms with Gasteiger partial charge >= 0.3 is 6.18 Å². The molecule has 1 heterocycles. The Morgan fingerprint density at radius 1 is 0.929 bits per heavy atom. The molecule has 3 aromatic carbocycles. The highest BCUT2D eigenvalue weighted by Gasteiger charge is 2.32. The normalized spacial score (nSPS) is 11.5. The number of hydrogen-bond acceptors (Lipinski definition) is 5. The van der Waals surface area contributed by atoms with Gasteiger partial charge in [0.15, 0.2) is 5.43 Å². The number of nitrogens with zero attached hydrogens (tertiary/aromatic N) is 2. The SMILES string of the molecule is COCCCN(CC(=O)N(Cc1ccc(F)cc1)Cc1coc2ccccc2c1=O)C(=O)c1cccc(C(F)(F)F)c1. The van der Waals surface area contributed by atoms with E-state index in [1.807, 2.05) is 0 Å². The number of halogens is 4. The molecular weight excluding hydrogens is 556 g/mol. The van der Waals surface area contributed by atoms with Crippen molar-refractivity contribution in [1.82, 2.24) is 9.80 Å². The molecule has 0 saturated carbocycles. The molecule has 0 aliphatic carbocycles. The molecule has 0 spiro atoms. The minimum Gasteiger partial charge on any atom is -0.464 e. The first-order valence-corrected chi connectivity index (χ1v) is 13.0. The quantitative estimate of drug-likeness (QED) is 0.168. The molecule has 0 fully saturated rings. The van der Waals surface area contributed by atoms with Crippen molar-refractivity contribution in [3.8, 4) is 0 Å². The van der Waals surface area contributed by atoms with E-state index >= 15 is 0 Å². The summed E-state index contributed by atoms with van der Waals surface area (Å²) in [5.41, 5.74) is -0.443. The fourth-order valence-electron chi connectivity index (χ4n) is 4.40. The van der Waals surface area contributed by atoms with E-state index in [4.69, 9.17) is 9.15 Å². The molecule has 0 atom stereocenters. The van der Waals surface area contributed by atoms with Gasteiger partial charge in [0.2, 0.25) is 5.91 Å². The average molecular weight is 585 g/mol. The van der Waals surface area contributed by atoms with Gasteiger partial charge in [-0.25, -0.2) is 4.39 Å². The van der Waals surface area contributed by atoms with Gasteiger partial charge in [-0.2, -0.15) is 13.2 Å². The van der Waals surface area contributed by atoms with Crippen LogP contribution in [0, 0.1) is 5.82 Å². The molecule has 0 unspecified atom stereocenters. The molecule has 0 aliphatic heterocycles. The van der Waals surface area contributed by atoms with E-state index in [2.05, 4.69) is 0 Å². The van der Waals surface area contributed by atoms with E-state index < -0.39 is 35.9 Å². The lowest BCUT2D eigenvalue weighted by Crippen LogP contribution is -2.43. The van der Waals surface area contributed by atoms with Gasteiger partial charge in [-0.3, -0.25) is 14.4 Å². The lowest BCUT2D eigenvalue weighted by atomic mass is 10.1.